The van der Waals surface area contributed by atoms with E-state index >= 15 is 0 Å². The van der Waals surface area contributed by atoms with E-state index in [2.05, 4.69) is 17.2 Å². The highest BCUT2D eigenvalue weighted by atomic mass is 32.2. The molecule has 0 spiro atoms. The maximum Gasteiger partial charge on any atom is 0.237 e. The predicted molar refractivity (Wildman–Crippen MR) is 83.0 cm³/mol. The summed E-state index contributed by atoms with van der Waals surface area (Å²) in [5.74, 6) is 7.48. The molecule has 1 unspecified atom stereocenters. The number of amides is 1. The lowest BCUT2D eigenvalue weighted by Crippen LogP contribution is -2.23. The fourth-order valence-electron chi connectivity index (χ4n) is 2.03. The number of carbonyl (C=O) groups excluding carboxylic acids is 1. The number of hydrogen-bond acceptors (Lipinski definition) is 4. The Balaban J connectivity index is 2.17. The van der Waals surface area contributed by atoms with Gasteiger partial charge in [0.2, 0.25) is 5.91 Å². The number of carbonyl (C=O) groups is 1. The maximum absolute atomic E-state index is 12.2. The molecule has 1 aliphatic rings. The van der Waals surface area contributed by atoms with Gasteiger partial charge >= 0.3 is 0 Å². The smallest absolute Gasteiger partial charge is 0.237 e. The predicted octanol–water partition coefficient (Wildman–Crippen LogP) is 1.84. The Morgan fingerprint density at radius 3 is 3.10 bits per heavy atom. The number of methoxy groups -OCH3 is 1. The molecule has 5 heteroatoms. The normalized spacial score (nSPS) is 17.2. The van der Waals surface area contributed by atoms with Crippen LogP contribution < -0.4 is 15.8 Å². The van der Waals surface area contributed by atoms with Crippen molar-refractivity contribution in [3.05, 3.63) is 23.8 Å². The number of hydrogen-bond donors (Lipinski definition) is 2. The fraction of sp³-hybridized carbons (Fsp3) is 0.400. The van der Waals surface area contributed by atoms with Crippen molar-refractivity contribution in [3.8, 4) is 17.6 Å². The third-order valence-electron chi connectivity index (χ3n) is 3.01. The lowest BCUT2D eigenvalue weighted by atomic mass is 10.1. The topological polar surface area (TPSA) is 64.3 Å². The Morgan fingerprint density at radius 2 is 2.45 bits per heavy atom. The summed E-state index contributed by atoms with van der Waals surface area (Å²) in [6.45, 7) is 0.312. The summed E-state index contributed by atoms with van der Waals surface area (Å²) in [6, 6.07) is 5.47. The highest BCUT2D eigenvalue weighted by Crippen LogP contribution is 2.30. The lowest BCUT2D eigenvalue weighted by Gasteiger charge is -2.13. The SMILES string of the molecule is COc1ccc(C#CCN)cc1NC(=O)C1CCCS1. The van der Waals surface area contributed by atoms with Crippen molar-refractivity contribution in [1.82, 2.24) is 0 Å². The van der Waals surface area contributed by atoms with E-state index in [1.54, 1.807) is 24.9 Å². The Hall–Kier alpha value is -1.64. The quantitative estimate of drug-likeness (QED) is 0.834. The molecular formula is C15H18N2O2S. The van der Waals surface area contributed by atoms with Gasteiger partial charge in [-0.25, -0.2) is 0 Å². The molecule has 1 fully saturated rings. The van der Waals surface area contributed by atoms with E-state index in [1.165, 1.54) is 0 Å². The number of thioether (sulfide) groups is 1. The first kappa shape index (κ1) is 14.8. The summed E-state index contributed by atoms with van der Waals surface area (Å²) in [5, 5.41) is 2.98. The van der Waals surface area contributed by atoms with Crippen LogP contribution in [-0.2, 0) is 4.79 Å². The van der Waals surface area contributed by atoms with Gasteiger partial charge < -0.3 is 15.8 Å². The van der Waals surface area contributed by atoms with E-state index in [1.807, 2.05) is 12.1 Å². The van der Waals surface area contributed by atoms with Gasteiger partial charge in [-0.2, -0.15) is 0 Å². The van der Waals surface area contributed by atoms with E-state index in [0.29, 0.717) is 18.0 Å². The molecule has 1 amide bonds. The second kappa shape index (κ2) is 7.22. The first-order valence-electron chi connectivity index (χ1n) is 6.54. The van der Waals surface area contributed by atoms with Crippen LogP contribution in [0.5, 0.6) is 5.75 Å². The molecule has 4 nitrogen and oxygen atoms in total. The van der Waals surface area contributed by atoms with Crippen molar-refractivity contribution in [2.75, 3.05) is 24.7 Å². The Kier molecular flexibility index (Phi) is 5.33. The molecule has 0 bridgehead atoms. The number of rotatable bonds is 3. The zero-order valence-corrected chi connectivity index (χ0v) is 12.3. The minimum atomic E-state index is 0.0368. The molecule has 1 saturated heterocycles. The standard InChI is InChI=1S/C15H18N2O2S/c1-19-13-7-6-11(4-2-8-16)10-12(13)17-15(18)14-5-3-9-20-14/h6-7,10,14H,3,5,8-9,16H2,1H3,(H,17,18). The Morgan fingerprint density at radius 1 is 1.60 bits per heavy atom. The molecule has 0 aromatic heterocycles. The molecular weight excluding hydrogens is 272 g/mol. The van der Waals surface area contributed by atoms with E-state index in [9.17, 15) is 4.79 Å². The molecule has 2 rings (SSSR count). The molecule has 1 aliphatic heterocycles. The van der Waals surface area contributed by atoms with Crippen LogP contribution in [0.3, 0.4) is 0 Å². The van der Waals surface area contributed by atoms with Crippen molar-refractivity contribution < 1.29 is 9.53 Å². The second-order valence-electron chi connectivity index (χ2n) is 4.41. The average molecular weight is 290 g/mol. The van der Waals surface area contributed by atoms with Gasteiger partial charge in [-0.05, 0) is 36.8 Å². The van der Waals surface area contributed by atoms with Crippen LogP contribution >= 0.6 is 11.8 Å². The zero-order chi connectivity index (χ0) is 14.4. The average Bonchev–Trinajstić information content (AvgIpc) is 2.99. The largest absolute Gasteiger partial charge is 0.495 e. The highest BCUT2D eigenvalue weighted by Gasteiger charge is 2.24. The monoisotopic (exact) mass is 290 g/mol. The fourth-order valence-corrected chi connectivity index (χ4v) is 3.20. The minimum Gasteiger partial charge on any atom is -0.495 e. The van der Waals surface area contributed by atoms with E-state index in [-0.39, 0.29) is 11.2 Å². The maximum atomic E-state index is 12.2. The van der Waals surface area contributed by atoms with Crippen molar-refractivity contribution in [3.63, 3.8) is 0 Å². The van der Waals surface area contributed by atoms with Crippen molar-refractivity contribution >= 4 is 23.4 Å². The zero-order valence-electron chi connectivity index (χ0n) is 11.4. The molecule has 106 valence electrons. The summed E-state index contributed by atoms with van der Waals surface area (Å²) in [7, 11) is 1.58. The van der Waals surface area contributed by atoms with Crippen molar-refractivity contribution in [1.29, 1.82) is 0 Å². The van der Waals surface area contributed by atoms with Gasteiger partial charge in [0.05, 0.1) is 24.6 Å². The summed E-state index contributed by atoms with van der Waals surface area (Å²) in [4.78, 5) is 12.2. The minimum absolute atomic E-state index is 0.0368. The van der Waals surface area contributed by atoms with Crippen LogP contribution in [0, 0.1) is 11.8 Å². The molecule has 1 aromatic carbocycles. The third kappa shape index (κ3) is 3.69. The molecule has 0 saturated carbocycles. The third-order valence-corrected chi connectivity index (χ3v) is 4.39. The van der Waals surface area contributed by atoms with Crippen LogP contribution in [0.1, 0.15) is 18.4 Å². The lowest BCUT2D eigenvalue weighted by molar-refractivity contribution is -0.115. The molecule has 0 aliphatic carbocycles. The first-order valence-corrected chi connectivity index (χ1v) is 7.59. The Labute approximate surface area is 123 Å². The number of nitrogens with one attached hydrogen (secondary N) is 1. The van der Waals surface area contributed by atoms with Crippen molar-refractivity contribution in [2.45, 2.75) is 18.1 Å². The molecule has 1 heterocycles. The second-order valence-corrected chi connectivity index (χ2v) is 5.72. The van der Waals surface area contributed by atoms with Gasteiger partial charge in [0, 0.05) is 5.56 Å². The van der Waals surface area contributed by atoms with Gasteiger partial charge in [0.1, 0.15) is 5.75 Å². The van der Waals surface area contributed by atoms with Crippen molar-refractivity contribution in [2.24, 2.45) is 5.73 Å². The number of ether oxygens (including phenoxy) is 1. The van der Waals surface area contributed by atoms with E-state index in [0.717, 1.165) is 24.2 Å². The first-order chi connectivity index (χ1) is 9.74. The molecule has 1 atom stereocenters. The van der Waals surface area contributed by atoms with Crippen LogP contribution in [0.25, 0.3) is 0 Å². The van der Waals surface area contributed by atoms with Crippen LogP contribution in [0.15, 0.2) is 18.2 Å². The number of anilines is 1. The molecule has 20 heavy (non-hydrogen) atoms. The van der Waals surface area contributed by atoms with E-state index in [4.69, 9.17) is 10.5 Å². The van der Waals surface area contributed by atoms with Crippen LogP contribution in [-0.4, -0.2) is 30.6 Å². The molecule has 0 radical (unpaired) electrons. The number of nitrogens with two attached hydrogens (primary N) is 1. The summed E-state index contributed by atoms with van der Waals surface area (Å²) in [6.07, 6.45) is 2.04. The van der Waals surface area contributed by atoms with Crippen LogP contribution in [0.4, 0.5) is 5.69 Å². The summed E-state index contributed by atoms with van der Waals surface area (Å²) >= 11 is 1.70. The van der Waals surface area contributed by atoms with Gasteiger partial charge in [-0.15, -0.1) is 11.8 Å². The number of benzene rings is 1. The Bertz CT molecular complexity index is 543. The highest BCUT2D eigenvalue weighted by molar-refractivity contribution is 8.00. The summed E-state index contributed by atoms with van der Waals surface area (Å²) < 4.78 is 5.27. The van der Waals surface area contributed by atoms with Gasteiger partial charge in [-0.1, -0.05) is 11.8 Å². The van der Waals surface area contributed by atoms with Crippen LogP contribution in [0.2, 0.25) is 0 Å². The summed E-state index contributed by atoms with van der Waals surface area (Å²) in [5.41, 5.74) is 6.83. The van der Waals surface area contributed by atoms with Gasteiger partial charge in [-0.3, -0.25) is 4.79 Å². The van der Waals surface area contributed by atoms with Gasteiger partial charge in [0.15, 0.2) is 0 Å². The molecule has 1 aromatic rings. The van der Waals surface area contributed by atoms with Gasteiger partial charge in [0.25, 0.3) is 0 Å². The molecule has 3 N–H and O–H groups in total. The van der Waals surface area contributed by atoms with E-state index < -0.39 is 0 Å².